The summed E-state index contributed by atoms with van der Waals surface area (Å²) >= 11 is 0. The van der Waals surface area contributed by atoms with E-state index in [-0.39, 0.29) is 32.4 Å². The molecule has 0 N–H and O–H groups in total. The molecular weight excluding hydrogens is 820 g/mol. The third kappa shape index (κ3) is 6.88. The topological polar surface area (TPSA) is 44.9 Å². The minimum absolute atomic E-state index is 0. The summed E-state index contributed by atoms with van der Waals surface area (Å²) in [6.45, 7) is 22.1. The van der Waals surface area contributed by atoms with Crippen LogP contribution in [0.15, 0.2) is 79.0 Å². The van der Waals surface area contributed by atoms with Crippen molar-refractivity contribution in [3.8, 4) is 34.1 Å². The fraction of sp³-hybridized carbons (Fsp3) is 0.304. The van der Waals surface area contributed by atoms with Gasteiger partial charge in [-0.05, 0) is 103 Å². The van der Waals surface area contributed by atoms with E-state index in [1.165, 1.54) is 33.4 Å². The first-order valence-electron chi connectivity index (χ1n) is 18.2. The van der Waals surface area contributed by atoms with Gasteiger partial charge < -0.3 is 9.30 Å². The first-order valence-corrected chi connectivity index (χ1v) is 18.2. The van der Waals surface area contributed by atoms with E-state index in [0.717, 1.165) is 63.1 Å². The van der Waals surface area contributed by atoms with Crippen LogP contribution in [-0.4, -0.2) is 19.3 Å². The van der Waals surface area contributed by atoms with E-state index >= 15 is 0 Å². The van der Waals surface area contributed by atoms with Crippen molar-refractivity contribution in [3.63, 3.8) is 0 Å². The molecular formula is C46H48N4OPt. The van der Waals surface area contributed by atoms with Gasteiger partial charge in [0.2, 0.25) is 0 Å². The van der Waals surface area contributed by atoms with Gasteiger partial charge in [0.05, 0.1) is 5.69 Å². The number of hydrogen-bond donors (Lipinski definition) is 0. The molecule has 0 amide bonds. The van der Waals surface area contributed by atoms with Gasteiger partial charge in [0.25, 0.3) is 0 Å². The van der Waals surface area contributed by atoms with E-state index in [1.54, 1.807) is 0 Å². The standard InChI is InChI=1S/C46H48N4O.Pt/c1-11-14-33-19-20-47-43(23-33)49-41-16-13-12-15-39(41)40-18-17-37(27-42(40)49)51-38-25-34(28(2)3)24-36(26-38)50-32(7)45(31(6)48-50)44-29(4)21-35(22-30(44)5)46(8,9)10;/h12-13,15-25,28H,11,14H2,1-10H3;/q-2;+2. The molecule has 0 aliphatic carbocycles. The first-order chi connectivity index (χ1) is 24.3. The molecule has 268 valence electrons. The van der Waals surface area contributed by atoms with Crippen LogP contribution >= 0.6 is 0 Å². The summed E-state index contributed by atoms with van der Waals surface area (Å²) < 4.78 is 10.9. The molecule has 0 saturated heterocycles. The van der Waals surface area contributed by atoms with Crippen LogP contribution in [0.5, 0.6) is 11.5 Å². The average Bonchev–Trinajstić information content (AvgIpc) is 3.57. The molecule has 7 aromatic rings. The molecule has 5 nitrogen and oxygen atoms in total. The zero-order chi connectivity index (χ0) is 36.2. The van der Waals surface area contributed by atoms with Crippen molar-refractivity contribution in [2.75, 3.05) is 0 Å². The van der Waals surface area contributed by atoms with Crippen LogP contribution in [0.2, 0.25) is 0 Å². The Balaban J connectivity index is 0.00000464. The van der Waals surface area contributed by atoms with Crippen molar-refractivity contribution in [2.45, 2.75) is 93.4 Å². The van der Waals surface area contributed by atoms with Crippen LogP contribution in [0.1, 0.15) is 93.1 Å². The number of aryl methyl sites for hydroxylation is 4. The molecule has 7 rings (SSSR count). The van der Waals surface area contributed by atoms with Gasteiger partial charge in [-0.2, -0.15) is 11.2 Å². The second kappa shape index (κ2) is 14.5. The van der Waals surface area contributed by atoms with E-state index in [2.05, 4.69) is 153 Å². The summed E-state index contributed by atoms with van der Waals surface area (Å²) in [7, 11) is 0. The average molecular weight is 868 g/mol. The summed E-state index contributed by atoms with van der Waals surface area (Å²) in [5.74, 6) is 2.42. The second-order valence-corrected chi connectivity index (χ2v) is 15.3. The number of fused-ring (bicyclic) bond motifs is 3. The number of benzene rings is 4. The molecule has 0 spiro atoms. The van der Waals surface area contributed by atoms with E-state index in [9.17, 15) is 0 Å². The molecule has 0 bridgehead atoms. The summed E-state index contributed by atoms with van der Waals surface area (Å²) in [6, 6.07) is 33.0. The molecule has 0 unspecified atom stereocenters. The molecule has 0 aliphatic rings. The SMILES string of the molecule is CCCc1ccnc(-n2c3[c-]c(Oc4[c-]c(-n5nc(C)c(-c6c(C)cc(C(C)(C)C)cc6C)c5C)cc(C(C)C)c4)ccc3c3ccccc32)c1.[Pt+2]. The number of rotatable bonds is 8. The normalized spacial score (nSPS) is 11.8. The second-order valence-electron chi connectivity index (χ2n) is 15.3. The maximum atomic E-state index is 6.65. The molecule has 52 heavy (non-hydrogen) atoms. The Morgan fingerprint density at radius 2 is 1.54 bits per heavy atom. The maximum absolute atomic E-state index is 6.65. The third-order valence-electron chi connectivity index (χ3n) is 10.0. The van der Waals surface area contributed by atoms with Crippen molar-refractivity contribution in [1.29, 1.82) is 0 Å². The summed E-state index contributed by atoms with van der Waals surface area (Å²) in [5.41, 5.74) is 13.8. The Morgan fingerprint density at radius 3 is 2.23 bits per heavy atom. The molecule has 0 radical (unpaired) electrons. The third-order valence-corrected chi connectivity index (χ3v) is 10.0. The molecule has 3 heterocycles. The zero-order valence-electron chi connectivity index (χ0n) is 32.0. The molecule has 3 aromatic heterocycles. The molecule has 0 fully saturated rings. The van der Waals surface area contributed by atoms with Crippen molar-refractivity contribution < 1.29 is 25.8 Å². The quantitative estimate of drug-likeness (QED) is 0.143. The smallest absolute Gasteiger partial charge is 0.509 e. The van der Waals surface area contributed by atoms with E-state index in [1.807, 2.05) is 16.9 Å². The molecule has 4 aromatic carbocycles. The largest absolute Gasteiger partial charge is 2.00 e. The van der Waals surface area contributed by atoms with Crippen LogP contribution in [0.3, 0.4) is 0 Å². The Hall–Kier alpha value is -4.47. The molecule has 6 heteroatoms. The Kier molecular flexibility index (Phi) is 10.4. The number of ether oxygens (including phenoxy) is 1. The van der Waals surface area contributed by atoms with Gasteiger partial charge in [-0.15, -0.1) is 41.3 Å². The Morgan fingerprint density at radius 1 is 0.808 bits per heavy atom. The predicted octanol–water partition coefficient (Wildman–Crippen LogP) is 12.0. The van der Waals surface area contributed by atoms with Crippen molar-refractivity contribution >= 4 is 21.8 Å². The van der Waals surface area contributed by atoms with E-state index in [0.29, 0.717) is 11.5 Å². The van der Waals surface area contributed by atoms with Gasteiger partial charge in [-0.1, -0.05) is 83.8 Å². The summed E-state index contributed by atoms with van der Waals surface area (Å²) in [6.07, 6.45) is 4.00. The van der Waals surface area contributed by atoms with Crippen LogP contribution in [0, 0.1) is 39.8 Å². The first kappa shape index (κ1) is 37.3. The van der Waals surface area contributed by atoms with E-state index in [4.69, 9.17) is 14.8 Å². The number of hydrogen-bond acceptors (Lipinski definition) is 3. The van der Waals surface area contributed by atoms with Gasteiger partial charge in [0, 0.05) is 34.5 Å². The van der Waals surface area contributed by atoms with Crippen LogP contribution in [-0.2, 0) is 32.9 Å². The number of nitrogens with zero attached hydrogens (tertiary/aromatic N) is 4. The number of pyridine rings is 1. The van der Waals surface area contributed by atoms with E-state index < -0.39 is 0 Å². The monoisotopic (exact) mass is 867 g/mol. The zero-order valence-corrected chi connectivity index (χ0v) is 34.3. The molecule has 0 aliphatic heterocycles. The Bertz CT molecular complexity index is 2400. The molecule has 0 saturated carbocycles. The van der Waals surface area contributed by atoms with Crippen molar-refractivity contribution in [1.82, 2.24) is 19.3 Å². The van der Waals surface area contributed by atoms with Gasteiger partial charge in [0.15, 0.2) is 0 Å². The van der Waals surface area contributed by atoms with Crippen molar-refractivity contribution in [2.24, 2.45) is 0 Å². The summed E-state index contributed by atoms with van der Waals surface area (Å²) in [4.78, 5) is 4.81. The minimum atomic E-state index is 0. The summed E-state index contributed by atoms with van der Waals surface area (Å²) in [5, 5.41) is 7.37. The Labute approximate surface area is 323 Å². The predicted molar refractivity (Wildman–Crippen MR) is 211 cm³/mol. The van der Waals surface area contributed by atoms with Crippen LogP contribution in [0.4, 0.5) is 0 Å². The van der Waals surface area contributed by atoms with Gasteiger partial charge >= 0.3 is 21.1 Å². The van der Waals surface area contributed by atoms with Crippen LogP contribution < -0.4 is 4.74 Å². The number of aromatic nitrogens is 4. The fourth-order valence-electron chi connectivity index (χ4n) is 7.40. The van der Waals surface area contributed by atoms with Gasteiger partial charge in [-0.3, -0.25) is 4.68 Å². The van der Waals surface area contributed by atoms with Crippen LogP contribution in [0.25, 0.3) is 44.4 Å². The minimum Gasteiger partial charge on any atom is -0.509 e. The fourth-order valence-corrected chi connectivity index (χ4v) is 7.40. The van der Waals surface area contributed by atoms with Crippen molar-refractivity contribution in [3.05, 3.63) is 130 Å². The van der Waals surface area contributed by atoms with Gasteiger partial charge in [-0.25, -0.2) is 4.98 Å². The maximum Gasteiger partial charge on any atom is 2.00 e. The number of para-hydroxylation sites is 1. The van der Waals surface area contributed by atoms with Gasteiger partial charge in [0.1, 0.15) is 5.82 Å². The molecule has 0 atom stereocenters.